The molecule has 124 valence electrons. The third-order valence-corrected chi connectivity index (χ3v) is 4.09. The molecule has 2 rings (SSSR count). The maximum Gasteiger partial charge on any atom is 0.243 e. The summed E-state index contributed by atoms with van der Waals surface area (Å²) in [6.45, 7) is 2.67. The van der Waals surface area contributed by atoms with Crippen molar-refractivity contribution in [1.82, 2.24) is 15.8 Å². The summed E-state index contributed by atoms with van der Waals surface area (Å²) in [6, 6.07) is 7.04. The summed E-state index contributed by atoms with van der Waals surface area (Å²) >= 11 is 10.9. The van der Waals surface area contributed by atoms with Crippen LogP contribution >= 0.6 is 23.8 Å². The average Bonchev–Trinajstić information content (AvgIpc) is 2.55. The molecule has 0 unspecified atom stereocenters. The van der Waals surface area contributed by atoms with E-state index < -0.39 is 0 Å². The summed E-state index contributed by atoms with van der Waals surface area (Å²) in [6.07, 6.45) is 1.58. The summed E-state index contributed by atoms with van der Waals surface area (Å²) in [5.74, 6) is -0.398. The Labute approximate surface area is 145 Å². The molecule has 0 aromatic heterocycles. The highest BCUT2D eigenvalue weighted by atomic mass is 35.5. The topological polar surface area (TPSA) is 73.5 Å². The van der Waals surface area contributed by atoms with Gasteiger partial charge in [0.05, 0.1) is 5.92 Å². The van der Waals surface area contributed by atoms with Gasteiger partial charge in [-0.2, -0.15) is 0 Å². The lowest BCUT2D eigenvalue weighted by Crippen LogP contribution is -2.50. The molecule has 0 aliphatic carbocycles. The van der Waals surface area contributed by atoms with E-state index in [1.807, 2.05) is 0 Å². The van der Waals surface area contributed by atoms with Crippen molar-refractivity contribution in [2.45, 2.75) is 19.8 Å². The standard InChI is InChI=1S/C15H19ClN4O2S/c1-10(21)20-8-2-3-11(9-20)14(22)18-19-15(23)17-13-6-4-12(16)5-7-13/h4-7,11H,2-3,8-9H2,1H3,(H,18,22)(H2,17,19,23)/t11-/m1/s1. The van der Waals surface area contributed by atoms with Crippen molar-refractivity contribution in [2.24, 2.45) is 5.92 Å². The molecule has 3 N–H and O–H groups in total. The highest BCUT2D eigenvalue weighted by Gasteiger charge is 2.26. The number of piperidine rings is 1. The molecule has 23 heavy (non-hydrogen) atoms. The van der Waals surface area contributed by atoms with Crippen LogP contribution in [0.4, 0.5) is 5.69 Å². The van der Waals surface area contributed by atoms with Gasteiger partial charge in [0.2, 0.25) is 11.8 Å². The zero-order valence-electron chi connectivity index (χ0n) is 12.8. The molecule has 1 fully saturated rings. The Morgan fingerprint density at radius 1 is 1.26 bits per heavy atom. The number of benzene rings is 1. The van der Waals surface area contributed by atoms with Crippen molar-refractivity contribution in [1.29, 1.82) is 0 Å². The largest absolute Gasteiger partial charge is 0.342 e. The normalized spacial score (nSPS) is 17.3. The van der Waals surface area contributed by atoms with Crippen molar-refractivity contribution in [2.75, 3.05) is 18.4 Å². The monoisotopic (exact) mass is 354 g/mol. The number of halogens is 1. The van der Waals surface area contributed by atoms with E-state index in [-0.39, 0.29) is 22.8 Å². The van der Waals surface area contributed by atoms with Gasteiger partial charge in [0.25, 0.3) is 0 Å². The summed E-state index contributed by atoms with van der Waals surface area (Å²) in [5, 5.41) is 3.85. The van der Waals surface area contributed by atoms with E-state index in [4.69, 9.17) is 23.8 Å². The molecule has 1 saturated heterocycles. The van der Waals surface area contributed by atoms with Crippen LogP contribution in [0.1, 0.15) is 19.8 Å². The smallest absolute Gasteiger partial charge is 0.243 e. The van der Waals surface area contributed by atoms with Crippen LogP contribution in [-0.4, -0.2) is 34.9 Å². The van der Waals surface area contributed by atoms with E-state index in [0.29, 0.717) is 18.1 Å². The number of thiocarbonyl (C=S) groups is 1. The minimum Gasteiger partial charge on any atom is -0.342 e. The number of likely N-dealkylation sites (tertiary alicyclic amines) is 1. The minimum absolute atomic E-state index is 0.00427. The summed E-state index contributed by atoms with van der Waals surface area (Å²) in [5.41, 5.74) is 6.02. The lowest BCUT2D eigenvalue weighted by Gasteiger charge is -2.31. The molecule has 1 atom stereocenters. The van der Waals surface area contributed by atoms with E-state index in [1.54, 1.807) is 29.2 Å². The Kier molecular flexibility index (Phi) is 6.18. The third kappa shape index (κ3) is 5.37. The number of carbonyl (C=O) groups excluding carboxylic acids is 2. The van der Waals surface area contributed by atoms with Gasteiger partial charge >= 0.3 is 0 Å². The maximum atomic E-state index is 12.2. The number of nitrogens with one attached hydrogen (secondary N) is 3. The fourth-order valence-electron chi connectivity index (χ4n) is 2.39. The molecule has 1 aliphatic heterocycles. The van der Waals surface area contributed by atoms with Crippen LogP contribution in [0, 0.1) is 5.92 Å². The lowest BCUT2D eigenvalue weighted by atomic mass is 9.97. The molecular formula is C15H19ClN4O2S. The second kappa shape index (κ2) is 8.12. The highest BCUT2D eigenvalue weighted by molar-refractivity contribution is 7.80. The van der Waals surface area contributed by atoms with Crippen molar-refractivity contribution in [3.05, 3.63) is 29.3 Å². The van der Waals surface area contributed by atoms with Crippen molar-refractivity contribution in [3.8, 4) is 0 Å². The van der Waals surface area contributed by atoms with E-state index in [0.717, 1.165) is 18.5 Å². The summed E-state index contributed by atoms with van der Waals surface area (Å²) in [7, 11) is 0. The number of nitrogens with zero attached hydrogens (tertiary/aromatic N) is 1. The number of hydrazine groups is 1. The Morgan fingerprint density at radius 3 is 2.61 bits per heavy atom. The van der Waals surface area contributed by atoms with Gasteiger partial charge in [0, 0.05) is 30.7 Å². The van der Waals surface area contributed by atoms with E-state index >= 15 is 0 Å². The van der Waals surface area contributed by atoms with Gasteiger partial charge in [-0.3, -0.25) is 20.4 Å². The molecule has 6 nitrogen and oxygen atoms in total. The molecule has 1 aromatic carbocycles. The zero-order chi connectivity index (χ0) is 16.8. The maximum absolute atomic E-state index is 12.2. The molecule has 0 radical (unpaired) electrons. The molecule has 0 spiro atoms. The van der Waals surface area contributed by atoms with Gasteiger partial charge in [-0.15, -0.1) is 0 Å². The fourth-order valence-corrected chi connectivity index (χ4v) is 2.69. The van der Waals surface area contributed by atoms with Gasteiger partial charge in [0.15, 0.2) is 5.11 Å². The Balaban J connectivity index is 1.78. The number of carbonyl (C=O) groups is 2. The highest BCUT2D eigenvalue weighted by Crippen LogP contribution is 2.16. The van der Waals surface area contributed by atoms with Crippen LogP contribution in [0.3, 0.4) is 0 Å². The van der Waals surface area contributed by atoms with Gasteiger partial charge < -0.3 is 10.2 Å². The van der Waals surface area contributed by atoms with E-state index in [1.165, 1.54) is 6.92 Å². The van der Waals surface area contributed by atoms with Crippen LogP contribution in [0.2, 0.25) is 5.02 Å². The first-order valence-electron chi connectivity index (χ1n) is 7.33. The predicted molar refractivity (Wildman–Crippen MR) is 93.9 cm³/mol. The lowest BCUT2D eigenvalue weighted by molar-refractivity contribution is -0.134. The minimum atomic E-state index is -0.224. The molecule has 2 amide bonds. The Morgan fingerprint density at radius 2 is 1.96 bits per heavy atom. The number of rotatable bonds is 2. The average molecular weight is 355 g/mol. The van der Waals surface area contributed by atoms with Crippen LogP contribution in [-0.2, 0) is 9.59 Å². The second-order valence-corrected chi connectivity index (χ2v) is 6.22. The van der Waals surface area contributed by atoms with Crippen molar-refractivity contribution >= 4 is 46.4 Å². The molecular weight excluding hydrogens is 336 g/mol. The van der Waals surface area contributed by atoms with E-state index in [2.05, 4.69) is 16.2 Å². The first kappa shape index (κ1) is 17.5. The molecule has 1 aliphatic rings. The van der Waals surface area contributed by atoms with Crippen molar-refractivity contribution in [3.63, 3.8) is 0 Å². The molecule has 0 saturated carbocycles. The number of hydrogen-bond donors (Lipinski definition) is 3. The first-order valence-corrected chi connectivity index (χ1v) is 8.12. The zero-order valence-corrected chi connectivity index (χ0v) is 14.3. The Bertz CT molecular complexity index is 594. The first-order chi connectivity index (χ1) is 11.0. The van der Waals surface area contributed by atoms with Gasteiger partial charge in [-0.05, 0) is 49.3 Å². The Hall–Kier alpha value is -1.86. The second-order valence-electron chi connectivity index (χ2n) is 5.38. The van der Waals surface area contributed by atoms with Gasteiger partial charge in [0.1, 0.15) is 0 Å². The van der Waals surface area contributed by atoms with Crippen LogP contribution < -0.4 is 16.2 Å². The molecule has 1 heterocycles. The summed E-state index contributed by atoms with van der Waals surface area (Å²) in [4.78, 5) is 25.2. The van der Waals surface area contributed by atoms with E-state index in [9.17, 15) is 9.59 Å². The SMILES string of the molecule is CC(=O)N1CCC[C@@H](C(=O)NNC(=S)Nc2ccc(Cl)cc2)C1. The van der Waals surface area contributed by atoms with Crippen molar-refractivity contribution < 1.29 is 9.59 Å². The number of anilines is 1. The number of hydrogen-bond acceptors (Lipinski definition) is 3. The molecule has 8 heteroatoms. The quantitative estimate of drug-likeness (QED) is 0.559. The van der Waals surface area contributed by atoms with Gasteiger partial charge in [-0.1, -0.05) is 11.6 Å². The van der Waals surface area contributed by atoms with Crippen LogP contribution in [0.25, 0.3) is 0 Å². The third-order valence-electron chi connectivity index (χ3n) is 3.64. The van der Waals surface area contributed by atoms with Crippen LogP contribution in [0.15, 0.2) is 24.3 Å². The molecule has 0 bridgehead atoms. The summed E-state index contributed by atoms with van der Waals surface area (Å²) < 4.78 is 0. The van der Waals surface area contributed by atoms with Gasteiger partial charge in [-0.25, -0.2) is 0 Å². The molecule has 1 aromatic rings. The van der Waals surface area contributed by atoms with Crippen LogP contribution in [0.5, 0.6) is 0 Å². The fraction of sp³-hybridized carbons (Fsp3) is 0.400. The predicted octanol–water partition coefficient (Wildman–Crippen LogP) is 1.92. The number of amides is 2.